The molecule has 0 radical (unpaired) electrons. The molecule has 0 amide bonds. The van der Waals surface area contributed by atoms with Crippen LogP contribution in [0.5, 0.6) is 0 Å². The zero-order valence-corrected chi connectivity index (χ0v) is 9.71. The highest BCUT2D eigenvalue weighted by Gasteiger charge is 2.13. The number of aromatic nitrogens is 2. The molecular weight excluding hydrogens is 252 g/mol. The second-order valence-corrected chi connectivity index (χ2v) is 5.49. The van der Waals surface area contributed by atoms with Crippen molar-refractivity contribution in [1.82, 2.24) is 9.97 Å². The lowest BCUT2D eigenvalue weighted by atomic mass is 10.3. The van der Waals surface area contributed by atoms with E-state index in [1.807, 2.05) is 6.07 Å². The molecule has 4 N–H and O–H groups in total. The van der Waals surface area contributed by atoms with Gasteiger partial charge in [0, 0.05) is 0 Å². The van der Waals surface area contributed by atoms with Crippen LogP contribution in [0.25, 0.3) is 20.4 Å². The minimum absolute atomic E-state index is 0.492. The number of nitrogens with zero attached hydrogens (tertiary/aromatic N) is 2. The molecule has 7 heteroatoms. The van der Waals surface area contributed by atoms with E-state index in [-0.39, 0.29) is 0 Å². The lowest BCUT2D eigenvalue weighted by molar-refractivity contribution is 1.49. The van der Waals surface area contributed by atoms with Crippen LogP contribution in [0, 0.1) is 0 Å². The summed E-state index contributed by atoms with van der Waals surface area (Å²) in [6.07, 6.45) is 0. The van der Waals surface area contributed by atoms with Gasteiger partial charge in [-0.2, -0.15) is 0 Å². The maximum absolute atomic E-state index is 6.09. The van der Waals surface area contributed by atoms with Gasteiger partial charge in [-0.25, -0.2) is 9.97 Å². The number of fused-ring (bicyclic) bond motifs is 3. The Morgan fingerprint density at radius 1 is 1.07 bits per heavy atom. The van der Waals surface area contributed by atoms with Crippen molar-refractivity contribution in [3.63, 3.8) is 0 Å². The fraction of sp³-hybridized carbons (Fsp3) is 0. The highest BCUT2D eigenvalue weighted by molar-refractivity contribution is 7.25. The normalized spacial score (nSPS) is 11.5. The van der Waals surface area contributed by atoms with E-state index < -0.39 is 0 Å². The van der Waals surface area contributed by atoms with Crippen LogP contribution in [0.4, 0.5) is 10.3 Å². The van der Waals surface area contributed by atoms with Gasteiger partial charge < -0.3 is 11.5 Å². The summed E-state index contributed by atoms with van der Waals surface area (Å²) in [5, 5.41) is 1.61. The topological polar surface area (TPSA) is 77.8 Å². The Balaban J connectivity index is 2.61. The minimum Gasteiger partial charge on any atom is -0.375 e. The highest BCUT2D eigenvalue weighted by Crippen LogP contribution is 2.38. The molecule has 0 unspecified atom stereocenters. The fourth-order valence-corrected chi connectivity index (χ4v) is 3.52. The first-order valence-electron chi connectivity index (χ1n) is 4.05. The van der Waals surface area contributed by atoms with Crippen LogP contribution in [-0.2, 0) is 0 Å². The summed E-state index contributed by atoms with van der Waals surface area (Å²) in [5.41, 5.74) is 12.9. The summed E-state index contributed by atoms with van der Waals surface area (Å²) in [7, 11) is 0. The van der Waals surface area contributed by atoms with Gasteiger partial charge in [0.2, 0.25) is 0 Å². The molecule has 0 aliphatic rings. The predicted octanol–water partition coefficient (Wildman–Crippen LogP) is 2.72. The second kappa shape index (κ2) is 2.94. The molecule has 2 aromatic heterocycles. The highest BCUT2D eigenvalue weighted by atomic mass is 35.5. The number of anilines is 2. The summed E-state index contributed by atoms with van der Waals surface area (Å²) in [6.45, 7) is 0. The van der Waals surface area contributed by atoms with Crippen LogP contribution < -0.4 is 11.5 Å². The Kier molecular flexibility index (Phi) is 1.79. The van der Waals surface area contributed by atoms with Crippen molar-refractivity contribution in [3.05, 3.63) is 11.1 Å². The summed E-state index contributed by atoms with van der Waals surface area (Å²) < 4.78 is 1.87. The molecule has 76 valence electrons. The molecule has 1 aromatic carbocycles. The first-order valence-corrected chi connectivity index (χ1v) is 6.07. The fourth-order valence-electron chi connectivity index (χ4n) is 1.45. The molecule has 3 aromatic rings. The number of nitrogen functional groups attached to an aromatic ring is 2. The standard InChI is InChI=1S/C8H5ClN4S2/c9-2-1-3-5(13-7(10)14-3)6-4(2)12-8(11)15-6/h1H,(H2,10,13)(H2,11,12). The number of hydrogen-bond acceptors (Lipinski definition) is 6. The van der Waals surface area contributed by atoms with E-state index >= 15 is 0 Å². The number of hydrogen-bond donors (Lipinski definition) is 2. The van der Waals surface area contributed by atoms with Gasteiger partial charge in [-0.3, -0.25) is 0 Å². The molecule has 0 aliphatic carbocycles. The molecule has 15 heavy (non-hydrogen) atoms. The van der Waals surface area contributed by atoms with E-state index in [4.69, 9.17) is 23.1 Å². The molecule has 0 fully saturated rings. The number of nitrogens with two attached hydrogens (primary N) is 2. The Hall–Kier alpha value is -1.11. The first kappa shape index (κ1) is 9.14. The Bertz CT molecular complexity index is 672. The van der Waals surface area contributed by atoms with Gasteiger partial charge in [0.15, 0.2) is 10.3 Å². The van der Waals surface area contributed by atoms with Crippen LogP contribution in [0.1, 0.15) is 0 Å². The van der Waals surface area contributed by atoms with E-state index in [0.717, 1.165) is 14.9 Å². The molecule has 0 atom stereocenters. The molecule has 3 rings (SSSR count). The maximum Gasteiger partial charge on any atom is 0.181 e. The van der Waals surface area contributed by atoms with Crippen molar-refractivity contribution in [1.29, 1.82) is 0 Å². The van der Waals surface area contributed by atoms with Crippen LogP contribution in [0.3, 0.4) is 0 Å². The Morgan fingerprint density at radius 2 is 1.73 bits per heavy atom. The van der Waals surface area contributed by atoms with Gasteiger partial charge in [-0.15, -0.1) is 0 Å². The van der Waals surface area contributed by atoms with Crippen LogP contribution >= 0.6 is 34.3 Å². The molecule has 0 spiro atoms. The summed E-state index contributed by atoms with van der Waals surface area (Å²) in [4.78, 5) is 8.41. The predicted molar refractivity (Wildman–Crippen MR) is 66.6 cm³/mol. The molecule has 0 bridgehead atoms. The van der Waals surface area contributed by atoms with Crippen LogP contribution in [0.2, 0.25) is 5.02 Å². The monoisotopic (exact) mass is 256 g/mol. The first-order chi connectivity index (χ1) is 7.15. The molecule has 0 aliphatic heterocycles. The number of benzene rings is 1. The van der Waals surface area contributed by atoms with Gasteiger partial charge in [-0.1, -0.05) is 34.3 Å². The van der Waals surface area contributed by atoms with Crippen molar-refractivity contribution in [2.75, 3.05) is 11.5 Å². The Morgan fingerprint density at radius 3 is 2.53 bits per heavy atom. The van der Waals surface area contributed by atoms with E-state index in [0.29, 0.717) is 20.8 Å². The third kappa shape index (κ3) is 1.26. The molecule has 0 saturated carbocycles. The average Bonchev–Trinajstić information content (AvgIpc) is 2.68. The average molecular weight is 257 g/mol. The molecular formula is C8H5ClN4S2. The molecule has 4 nitrogen and oxygen atoms in total. The van der Waals surface area contributed by atoms with Gasteiger partial charge in [0.25, 0.3) is 0 Å². The number of thiazole rings is 2. The van der Waals surface area contributed by atoms with E-state index in [1.165, 1.54) is 22.7 Å². The van der Waals surface area contributed by atoms with Crippen molar-refractivity contribution in [2.45, 2.75) is 0 Å². The Labute approximate surface area is 97.5 Å². The lowest BCUT2D eigenvalue weighted by Crippen LogP contribution is -1.80. The third-order valence-electron chi connectivity index (χ3n) is 2.01. The van der Waals surface area contributed by atoms with Gasteiger partial charge in [0.05, 0.1) is 14.4 Å². The van der Waals surface area contributed by atoms with Crippen molar-refractivity contribution in [3.8, 4) is 0 Å². The minimum atomic E-state index is 0.492. The van der Waals surface area contributed by atoms with Crippen LogP contribution in [-0.4, -0.2) is 9.97 Å². The quantitative estimate of drug-likeness (QED) is 0.648. The van der Waals surface area contributed by atoms with E-state index in [2.05, 4.69) is 9.97 Å². The second-order valence-electron chi connectivity index (χ2n) is 2.99. The van der Waals surface area contributed by atoms with Crippen molar-refractivity contribution < 1.29 is 0 Å². The van der Waals surface area contributed by atoms with Gasteiger partial charge in [-0.05, 0) is 6.07 Å². The third-order valence-corrected chi connectivity index (χ3v) is 4.02. The summed E-state index contributed by atoms with van der Waals surface area (Å²) in [5.74, 6) is 0. The van der Waals surface area contributed by atoms with Crippen molar-refractivity contribution >= 4 is 65.0 Å². The maximum atomic E-state index is 6.09. The summed E-state index contributed by atoms with van der Waals surface area (Å²) >= 11 is 8.88. The lowest BCUT2D eigenvalue weighted by Gasteiger charge is -1.92. The van der Waals surface area contributed by atoms with Crippen LogP contribution in [0.15, 0.2) is 6.07 Å². The zero-order chi connectivity index (χ0) is 10.6. The van der Waals surface area contributed by atoms with E-state index in [1.54, 1.807) is 0 Å². The molecule has 0 saturated heterocycles. The van der Waals surface area contributed by atoms with Gasteiger partial charge >= 0.3 is 0 Å². The zero-order valence-electron chi connectivity index (χ0n) is 7.32. The smallest absolute Gasteiger partial charge is 0.181 e. The SMILES string of the molecule is Nc1nc2c(cc(Cl)c3nc(N)sc32)s1. The van der Waals surface area contributed by atoms with Crippen molar-refractivity contribution in [2.24, 2.45) is 0 Å². The van der Waals surface area contributed by atoms with Gasteiger partial charge in [0.1, 0.15) is 11.0 Å². The molecule has 2 heterocycles. The number of rotatable bonds is 0. The summed E-state index contributed by atoms with van der Waals surface area (Å²) in [6, 6.07) is 1.83. The largest absolute Gasteiger partial charge is 0.375 e. The van der Waals surface area contributed by atoms with E-state index in [9.17, 15) is 0 Å². The number of halogens is 1.